The van der Waals surface area contributed by atoms with E-state index in [4.69, 9.17) is 4.74 Å². The molecule has 2 aromatic rings. The van der Waals surface area contributed by atoms with Crippen LogP contribution in [0.5, 0.6) is 5.75 Å². The molecule has 0 radical (unpaired) electrons. The number of benzene rings is 2. The van der Waals surface area contributed by atoms with Gasteiger partial charge in [0.2, 0.25) is 5.91 Å². The number of methoxy groups -OCH3 is 1. The number of amides is 3. The van der Waals surface area contributed by atoms with Gasteiger partial charge in [-0.3, -0.25) is 4.79 Å². The number of carbonyl (C=O) groups excluding carboxylic acids is 2. The maximum Gasteiger partial charge on any atom is 0.321 e. The van der Waals surface area contributed by atoms with E-state index in [9.17, 15) is 9.59 Å². The molecule has 2 fully saturated rings. The van der Waals surface area contributed by atoms with Gasteiger partial charge in [0.1, 0.15) is 5.75 Å². The standard InChI is InChI=1S/C24H29N3O3S/c1-30-21-10-6-5-9-20(21)25-23(29)26-15-13-24(14-16-26)27(17-18-31-24)22(28)12-11-19-7-3-2-4-8-19/h2-10H,11-18H2,1H3,(H,25,29). The molecule has 2 heterocycles. The molecule has 0 atom stereocenters. The number of nitrogens with one attached hydrogen (secondary N) is 1. The SMILES string of the molecule is COc1ccccc1NC(=O)N1CCC2(CC1)SCCN2C(=O)CCc1ccccc1. The number of anilines is 1. The predicted octanol–water partition coefficient (Wildman–Crippen LogP) is 4.23. The average molecular weight is 440 g/mol. The summed E-state index contributed by atoms with van der Waals surface area (Å²) < 4.78 is 5.32. The van der Waals surface area contributed by atoms with Crippen molar-refractivity contribution in [2.24, 2.45) is 0 Å². The van der Waals surface area contributed by atoms with Crippen molar-refractivity contribution >= 4 is 29.4 Å². The number of urea groups is 1. The Kier molecular flexibility index (Phi) is 6.70. The van der Waals surface area contributed by atoms with Gasteiger partial charge in [-0.1, -0.05) is 42.5 Å². The smallest absolute Gasteiger partial charge is 0.321 e. The van der Waals surface area contributed by atoms with E-state index in [0.29, 0.717) is 30.9 Å². The molecule has 2 aliphatic heterocycles. The van der Waals surface area contributed by atoms with Crippen molar-refractivity contribution in [2.75, 3.05) is 37.8 Å². The Hall–Kier alpha value is -2.67. The maximum atomic E-state index is 13.0. The molecular formula is C24H29N3O3S. The van der Waals surface area contributed by atoms with Crippen molar-refractivity contribution in [3.8, 4) is 5.75 Å². The van der Waals surface area contributed by atoms with Gasteiger partial charge in [0.05, 0.1) is 17.7 Å². The summed E-state index contributed by atoms with van der Waals surface area (Å²) in [5.74, 6) is 1.83. The van der Waals surface area contributed by atoms with Gasteiger partial charge in [0.25, 0.3) is 0 Å². The summed E-state index contributed by atoms with van der Waals surface area (Å²) in [4.78, 5) is 29.6. The molecule has 0 saturated carbocycles. The number of hydrogen-bond donors (Lipinski definition) is 1. The molecule has 1 N–H and O–H groups in total. The molecule has 31 heavy (non-hydrogen) atoms. The second-order valence-corrected chi connectivity index (χ2v) is 9.40. The van der Waals surface area contributed by atoms with Crippen LogP contribution >= 0.6 is 11.8 Å². The number of likely N-dealkylation sites (tertiary alicyclic amines) is 1. The summed E-state index contributed by atoms with van der Waals surface area (Å²) in [6.45, 7) is 2.07. The van der Waals surface area contributed by atoms with E-state index in [2.05, 4.69) is 22.3 Å². The van der Waals surface area contributed by atoms with Crippen LogP contribution in [-0.2, 0) is 11.2 Å². The second-order valence-electron chi connectivity index (χ2n) is 7.94. The second kappa shape index (κ2) is 9.64. The molecule has 0 unspecified atom stereocenters. The van der Waals surface area contributed by atoms with E-state index in [0.717, 1.165) is 31.6 Å². The lowest BCUT2D eigenvalue weighted by atomic mass is 10.0. The van der Waals surface area contributed by atoms with Crippen molar-refractivity contribution in [1.29, 1.82) is 0 Å². The topological polar surface area (TPSA) is 61.9 Å². The van der Waals surface area contributed by atoms with E-state index in [1.54, 1.807) is 7.11 Å². The number of piperidine rings is 1. The number of rotatable bonds is 5. The van der Waals surface area contributed by atoms with Gasteiger partial charge in [-0.15, -0.1) is 11.8 Å². The van der Waals surface area contributed by atoms with Gasteiger partial charge in [-0.25, -0.2) is 4.79 Å². The van der Waals surface area contributed by atoms with Gasteiger partial charge >= 0.3 is 6.03 Å². The highest BCUT2D eigenvalue weighted by molar-refractivity contribution is 8.00. The molecule has 2 aromatic carbocycles. The van der Waals surface area contributed by atoms with Crippen LogP contribution in [0.1, 0.15) is 24.8 Å². The number of para-hydroxylation sites is 2. The van der Waals surface area contributed by atoms with E-state index in [1.807, 2.05) is 59.1 Å². The summed E-state index contributed by atoms with van der Waals surface area (Å²) >= 11 is 1.87. The molecule has 6 nitrogen and oxygen atoms in total. The minimum absolute atomic E-state index is 0.121. The Morgan fingerprint density at radius 1 is 1.03 bits per heavy atom. The molecular weight excluding hydrogens is 410 g/mol. The van der Waals surface area contributed by atoms with E-state index < -0.39 is 0 Å². The van der Waals surface area contributed by atoms with E-state index in [1.165, 1.54) is 5.56 Å². The Balaban J connectivity index is 1.34. The molecule has 7 heteroatoms. The van der Waals surface area contributed by atoms with Crippen LogP contribution < -0.4 is 10.1 Å². The highest BCUT2D eigenvalue weighted by Crippen LogP contribution is 2.44. The fourth-order valence-corrected chi connectivity index (χ4v) is 5.88. The van der Waals surface area contributed by atoms with E-state index in [-0.39, 0.29) is 16.8 Å². The van der Waals surface area contributed by atoms with Crippen molar-refractivity contribution in [3.05, 3.63) is 60.2 Å². The highest BCUT2D eigenvalue weighted by atomic mass is 32.2. The Morgan fingerprint density at radius 3 is 2.48 bits per heavy atom. The normalized spacial score (nSPS) is 17.6. The van der Waals surface area contributed by atoms with Crippen molar-refractivity contribution in [2.45, 2.75) is 30.6 Å². The van der Waals surface area contributed by atoms with Crippen molar-refractivity contribution in [3.63, 3.8) is 0 Å². The third-order valence-corrected chi connectivity index (χ3v) is 7.68. The van der Waals surface area contributed by atoms with Crippen LogP contribution in [0.4, 0.5) is 10.5 Å². The first-order valence-corrected chi connectivity index (χ1v) is 11.8. The minimum atomic E-state index is -0.172. The number of thioether (sulfide) groups is 1. The zero-order valence-corrected chi connectivity index (χ0v) is 18.7. The van der Waals surface area contributed by atoms with Crippen molar-refractivity contribution < 1.29 is 14.3 Å². The molecule has 0 aliphatic carbocycles. The first-order chi connectivity index (χ1) is 15.1. The molecule has 0 aromatic heterocycles. The zero-order chi connectivity index (χ0) is 21.7. The summed E-state index contributed by atoms with van der Waals surface area (Å²) in [6, 6.07) is 17.5. The number of aryl methyl sites for hydroxylation is 1. The first kappa shape index (κ1) is 21.6. The summed E-state index contributed by atoms with van der Waals surface area (Å²) in [6.07, 6.45) is 2.90. The summed E-state index contributed by atoms with van der Waals surface area (Å²) in [5, 5.41) is 2.96. The Bertz CT molecular complexity index is 913. The lowest BCUT2D eigenvalue weighted by Gasteiger charge is -2.44. The van der Waals surface area contributed by atoms with Crippen LogP contribution in [0, 0.1) is 0 Å². The minimum Gasteiger partial charge on any atom is -0.495 e. The third-order valence-electron chi connectivity index (χ3n) is 6.13. The van der Waals surface area contributed by atoms with Gasteiger partial charge in [-0.05, 0) is 37.0 Å². The van der Waals surface area contributed by atoms with Gasteiger partial charge < -0.3 is 19.9 Å². The summed E-state index contributed by atoms with van der Waals surface area (Å²) in [7, 11) is 1.59. The molecule has 2 saturated heterocycles. The lowest BCUT2D eigenvalue weighted by molar-refractivity contribution is -0.134. The third kappa shape index (κ3) is 4.82. The van der Waals surface area contributed by atoms with Gasteiger partial charge in [0.15, 0.2) is 0 Å². The van der Waals surface area contributed by atoms with Crippen LogP contribution in [0.25, 0.3) is 0 Å². The lowest BCUT2D eigenvalue weighted by Crippen LogP contribution is -2.54. The maximum absolute atomic E-state index is 13.0. The number of hydrogen-bond acceptors (Lipinski definition) is 4. The van der Waals surface area contributed by atoms with Gasteiger partial charge in [0, 0.05) is 31.8 Å². The first-order valence-electron chi connectivity index (χ1n) is 10.8. The number of nitrogens with zero attached hydrogens (tertiary/aromatic N) is 2. The highest BCUT2D eigenvalue weighted by Gasteiger charge is 2.46. The Morgan fingerprint density at radius 2 is 1.74 bits per heavy atom. The van der Waals surface area contributed by atoms with Crippen LogP contribution in [0.2, 0.25) is 0 Å². The van der Waals surface area contributed by atoms with Crippen LogP contribution in [0.3, 0.4) is 0 Å². The molecule has 1 spiro atoms. The molecule has 0 bridgehead atoms. The summed E-state index contributed by atoms with van der Waals surface area (Å²) in [5.41, 5.74) is 1.86. The number of ether oxygens (including phenoxy) is 1. The number of carbonyl (C=O) groups is 2. The quantitative estimate of drug-likeness (QED) is 0.758. The fraction of sp³-hybridized carbons (Fsp3) is 0.417. The average Bonchev–Trinajstić information content (AvgIpc) is 3.22. The monoisotopic (exact) mass is 439 g/mol. The predicted molar refractivity (Wildman–Crippen MR) is 124 cm³/mol. The zero-order valence-electron chi connectivity index (χ0n) is 17.9. The molecule has 2 aliphatic rings. The Labute approximate surface area is 187 Å². The van der Waals surface area contributed by atoms with E-state index >= 15 is 0 Å². The van der Waals surface area contributed by atoms with Gasteiger partial charge in [-0.2, -0.15) is 0 Å². The fourth-order valence-electron chi connectivity index (χ4n) is 4.41. The van der Waals surface area contributed by atoms with Crippen LogP contribution in [0.15, 0.2) is 54.6 Å². The molecule has 3 amide bonds. The molecule has 164 valence electrons. The molecule has 4 rings (SSSR count). The largest absolute Gasteiger partial charge is 0.495 e. The van der Waals surface area contributed by atoms with Crippen LogP contribution in [-0.4, -0.2) is 59.1 Å². The van der Waals surface area contributed by atoms with Crippen molar-refractivity contribution in [1.82, 2.24) is 9.80 Å².